The first-order valence-corrected chi connectivity index (χ1v) is 8.22. The number of rotatable bonds is 11. The van der Waals surface area contributed by atoms with E-state index in [0.717, 1.165) is 11.3 Å². The minimum absolute atomic E-state index is 0.0999. The van der Waals surface area contributed by atoms with Gasteiger partial charge in [-0.15, -0.1) is 6.58 Å². The van der Waals surface area contributed by atoms with Gasteiger partial charge in [0.2, 0.25) is 0 Å². The third-order valence-corrected chi connectivity index (χ3v) is 3.99. The number of ether oxygens (including phenoxy) is 2. The van der Waals surface area contributed by atoms with Crippen LogP contribution < -0.4 is 4.74 Å². The summed E-state index contributed by atoms with van der Waals surface area (Å²) in [6.07, 6.45) is 2.49. The van der Waals surface area contributed by atoms with Gasteiger partial charge in [0.05, 0.1) is 25.9 Å². The van der Waals surface area contributed by atoms with Gasteiger partial charge in [0.1, 0.15) is 5.75 Å². The molecule has 1 aromatic carbocycles. The van der Waals surface area contributed by atoms with Gasteiger partial charge < -0.3 is 19.7 Å². The van der Waals surface area contributed by atoms with Crippen LogP contribution in [0.25, 0.3) is 0 Å². The summed E-state index contributed by atoms with van der Waals surface area (Å²) in [5, 5.41) is 20.4. The molecule has 0 spiro atoms. The Bertz CT molecular complexity index is 500. The van der Waals surface area contributed by atoms with Crippen LogP contribution in [0.5, 0.6) is 5.75 Å². The lowest BCUT2D eigenvalue weighted by Crippen LogP contribution is -2.44. The highest BCUT2D eigenvalue weighted by atomic mass is 79.9. The Labute approximate surface area is 146 Å². The van der Waals surface area contributed by atoms with E-state index >= 15 is 0 Å². The van der Waals surface area contributed by atoms with E-state index in [9.17, 15) is 10.2 Å². The molecule has 128 valence electrons. The minimum Gasteiger partial charge on any atom is -0.497 e. The summed E-state index contributed by atoms with van der Waals surface area (Å²) in [5.41, 5.74) is -0.217. The Morgan fingerprint density at radius 1 is 1.39 bits per heavy atom. The van der Waals surface area contributed by atoms with Crippen molar-refractivity contribution in [1.29, 1.82) is 0 Å². The number of aliphatic hydroxyl groups excluding tert-OH is 1. The highest BCUT2D eigenvalue weighted by Crippen LogP contribution is 2.30. The molecule has 0 heterocycles. The summed E-state index contributed by atoms with van der Waals surface area (Å²) < 4.78 is 11.5. The molecule has 0 saturated heterocycles. The molecule has 0 amide bonds. The average Bonchev–Trinajstić information content (AvgIpc) is 2.52. The summed E-state index contributed by atoms with van der Waals surface area (Å²) >= 11 is 3.28. The van der Waals surface area contributed by atoms with Gasteiger partial charge in [0.25, 0.3) is 0 Å². The zero-order valence-electron chi connectivity index (χ0n) is 13.5. The van der Waals surface area contributed by atoms with Gasteiger partial charge in [-0.25, -0.2) is 0 Å². The summed E-state index contributed by atoms with van der Waals surface area (Å²) in [7, 11) is 1.62. The molecule has 0 aromatic heterocycles. The lowest BCUT2D eigenvalue weighted by atomic mass is 9.83. The predicted octanol–water partition coefficient (Wildman–Crippen LogP) is 3.43. The SMILES string of the molecule is C=CC[C@@H](CO)[C@](O)(COCc1ccc(OC)cc1)CC(=C)Br. The van der Waals surface area contributed by atoms with E-state index in [1.807, 2.05) is 24.3 Å². The highest BCUT2D eigenvalue weighted by molar-refractivity contribution is 9.11. The normalized spacial score (nSPS) is 14.8. The van der Waals surface area contributed by atoms with Gasteiger partial charge in [-0.3, -0.25) is 0 Å². The fourth-order valence-electron chi connectivity index (χ4n) is 2.38. The van der Waals surface area contributed by atoms with Crippen molar-refractivity contribution in [2.45, 2.75) is 25.0 Å². The second-order valence-electron chi connectivity index (χ2n) is 5.54. The third-order valence-electron chi connectivity index (χ3n) is 3.71. The zero-order valence-corrected chi connectivity index (χ0v) is 15.1. The molecule has 1 rings (SSSR count). The number of hydrogen-bond donors (Lipinski definition) is 2. The summed E-state index contributed by atoms with van der Waals surface area (Å²) in [4.78, 5) is 0. The van der Waals surface area contributed by atoms with Crippen molar-refractivity contribution in [1.82, 2.24) is 0 Å². The smallest absolute Gasteiger partial charge is 0.118 e. The van der Waals surface area contributed by atoms with Crippen molar-refractivity contribution in [3.05, 3.63) is 53.5 Å². The number of hydrogen-bond acceptors (Lipinski definition) is 4. The number of methoxy groups -OCH3 is 1. The van der Waals surface area contributed by atoms with Crippen LogP contribution in [0.2, 0.25) is 0 Å². The van der Waals surface area contributed by atoms with E-state index in [0.29, 0.717) is 23.9 Å². The number of halogens is 1. The molecule has 1 aromatic rings. The fourth-order valence-corrected chi connectivity index (χ4v) is 2.86. The van der Waals surface area contributed by atoms with E-state index in [-0.39, 0.29) is 19.1 Å². The molecule has 4 nitrogen and oxygen atoms in total. The van der Waals surface area contributed by atoms with Crippen LogP contribution in [0, 0.1) is 5.92 Å². The monoisotopic (exact) mass is 384 g/mol. The van der Waals surface area contributed by atoms with Crippen LogP contribution in [-0.2, 0) is 11.3 Å². The van der Waals surface area contributed by atoms with Gasteiger partial charge in [0, 0.05) is 18.9 Å². The molecule has 23 heavy (non-hydrogen) atoms. The maximum Gasteiger partial charge on any atom is 0.118 e. The number of allylic oxidation sites excluding steroid dienone is 1. The molecule has 0 aliphatic rings. The second-order valence-corrected chi connectivity index (χ2v) is 6.66. The minimum atomic E-state index is -1.20. The first-order valence-electron chi connectivity index (χ1n) is 7.43. The largest absolute Gasteiger partial charge is 0.497 e. The molecule has 0 saturated carbocycles. The van der Waals surface area contributed by atoms with Crippen LogP contribution in [0.15, 0.2) is 48.0 Å². The molecule has 0 aliphatic heterocycles. The number of aliphatic hydroxyl groups is 2. The lowest BCUT2D eigenvalue weighted by Gasteiger charge is -2.34. The fraction of sp³-hybridized carbons (Fsp3) is 0.444. The van der Waals surface area contributed by atoms with Crippen LogP contribution >= 0.6 is 15.9 Å². The zero-order chi connectivity index (χ0) is 17.3. The van der Waals surface area contributed by atoms with Crippen LogP contribution in [-0.4, -0.2) is 36.1 Å². The maximum atomic E-state index is 10.9. The molecule has 0 radical (unpaired) electrons. The maximum absolute atomic E-state index is 10.9. The van der Waals surface area contributed by atoms with Gasteiger partial charge in [-0.05, 0) is 28.6 Å². The Balaban J connectivity index is 2.68. The quantitative estimate of drug-likeness (QED) is 0.573. The first-order chi connectivity index (χ1) is 10.9. The van der Waals surface area contributed by atoms with E-state index < -0.39 is 5.60 Å². The van der Waals surface area contributed by atoms with Gasteiger partial charge in [0.15, 0.2) is 0 Å². The van der Waals surface area contributed by atoms with Crippen molar-refractivity contribution in [2.24, 2.45) is 5.92 Å². The van der Waals surface area contributed by atoms with E-state index in [2.05, 4.69) is 29.1 Å². The first kappa shape index (κ1) is 19.9. The molecule has 0 bridgehead atoms. The molecule has 0 aliphatic carbocycles. The van der Waals surface area contributed by atoms with Gasteiger partial charge >= 0.3 is 0 Å². The lowest BCUT2D eigenvalue weighted by molar-refractivity contribution is -0.0983. The third kappa shape index (κ3) is 6.47. The van der Waals surface area contributed by atoms with Gasteiger partial charge in [-0.2, -0.15) is 0 Å². The molecule has 0 unspecified atom stereocenters. The van der Waals surface area contributed by atoms with Crippen molar-refractivity contribution < 1.29 is 19.7 Å². The average molecular weight is 385 g/mol. The van der Waals surface area contributed by atoms with Crippen LogP contribution in [0.4, 0.5) is 0 Å². The topological polar surface area (TPSA) is 58.9 Å². The molecular formula is C18H25BrO4. The Morgan fingerprint density at radius 3 is 2.52 bits per heavy atom. The van der Waals surface area contributed by atoms with E-state index in [1.54, 1.807) is 13.2 Å². The van der Waals surface area contributed by atoms with Crippen molar-refractivity contribution in [2.75, 3.05) is 20.3 Å². The Hall–Kier alpha value is -1.14. The van der Waals surface area contributed by atoms with Crippen molar-refractivity contribution in [3.8, 4) is 5.75 Å². The molecule has 0 fully saturated rings. The standard InChI is InChI=1S/C18H25BrO4/c1-4-5-16(11-20)18(21,10-14(2)19)13-23-12-15-6-8-17(22-3)9-7-15/h4,6-9,16,20-21H,1-2,5,10-13H2,3H3/t16-,18+/m0/s1. The summed E-state index contributed by atoms with van der Waals surface area (Å²) in [5.74, 6) is 0.428. The van der Waals surface area contributed by atoms with Crippen molar-refractivity contribution in [3.63, 3.8) is 0 Å². The van der Waals surface area contributed by atoms with Crippen LogP contribution in [0.3, 0.4) is 0 Å². The molecule has 2 N–H and O–H groups in total. The molecule has 5 heteroatoms. The van der Waals surface area contributed by atoms with E-state index in [1.165, 1.54) is 0 Å². The summed E-state index contributed by atoms with van der Waals surface area (Å²) in [6, 6.07) is 7.54. The van der Waals surface area contributed by atoms with E-state index in [4.69, 9.17) is 9.47 Å². The second kappa shape index (κ2) is 9.88. The predicted molar refractivity (Wildman–Crippen MR) is 95.7 cm³/mol. The van der Waals surface area contributed by atoms with Crippen molar-refractivity contribution >= 4 is 15.9 Å². The molecule has 2 atom stereocenters. The highest BCUT2D eigenvalue weighted by Gasteiger charge is 2.36. The Morgan fingerprint density at radius 2 is 2.04 bits per heavy atom. The molecular weight excluding hydrogens is 360 g/mol. The van der Waals surface area contributed by atoms with Crippen LogP contribution in [0.1, 0.15) is 18.4 Å². The number of benzene rings is 1. The van der Waals surface area contributed by atoms with Gasteiger partial charge in [-0.1, -0.05) is 40.7 Å². The summed E-state index contributed by atoms with van der Waals surface area (Å²) in [6.45, 7) is 7.78. The Kier molecular flexibility index (Phi) is 8.55.